The second-order valence-corrected chi connectivity index (χ2v) is 8.29. The van der Waals surface area contributed by atoms with Crippen LogP contribution in [0.5, 0.6) is 0 Å². The van der Waals surface area contributed by atoms with Crippen LogP contribution in [0.1, 0.15) is 62.5 Å². The van der Waals surface area contributed by atoms with Gasteiger partial charge in [0.25, 0.3) is 0 Å². The minimum absolute atomic E-state index is 0.0653. The van der Waals surface area contributed by atoms with Crippen LogP contribution in [-0.2, 0) is 5.54 Å². The molecule has 0 atom stereocenters. The number of nitrogens with zero attached hydrogens (tertiary/aromatic N) is 3. The zero-order valence-electron chi connectivity index (χ0n) is 16.5. The fraction of sp³-hybridized carbons (Fsp3) is 0.333. The number of anilines is 1. The van der Waals surface area contributed by atoms with E-state index in [2.05, 4.69) is 77.4 Å². The Kier molecular flexibility index (Phi) is 4.08. The van der Waals surface area contributed by atoms with Gasteiger partial charge >= 0.3 is 0 Å². The quantitative estimate of drug-likeness (QED) is 0.632. The van der Waals surface area contributed by atoms with Crippen LogP contribution in [0.3, 0.4) is 0 Å². The molecule has 0 saturated heterocycles. The molecule has 1 N–H and O–H groups in total. The zero-order valence-corrected chi connectivity index (χ0v) is 16.5. The highest BCUT2D eigenvalue weighted by Gasteiger charge is 2.42. The summed E-state index contributed by atoms with van der Waals surface area (Å²) >= 11 is 0. The first kappa shape index (κ1) is 17.2. The summed E-state index contributed by atoms with van der Waals surface area (Å²) in [4.78, 5) is 9.47. The van der Waals surface area contributed by atoms with E-state index in [1.165, 1.54) is 16.8 Å². The molecule has 1 fully saturated rings. The van der Waals surface area contributed by atoms with E-state index >= 15 is 0 Å². The summed E-state index contributed by atoms with van der Waals surface area (Å²) in [6.07, 6.45) is 10.6. The zero-order chi connectivity index (χ0) is 19.1. The molecule has 3 aromatic rings. The molecule has 1 aliphatic heterocycles. The van der Waals surface area contributed by atoms with Crippen LogP contribution in [0.2, 0.25) is 0 Å². The first-order chi connectivity index (χ1) is 13.7. The van der Waals surface area contributed by atoms with Gasteiger partial charge in [0.2, 0.25) is 0 Å². The summed E-state index contributed by atoms with van der Waals surface area (Å²) in [5, 5.41) is 3.85. The van der Waals surface area contributed by atoms with Gasteiger partial charge in [-0.25, -0.2) is 9.97 Å². The summed E-state index contributed by atoms with van der Waals surface area (Å²) in [7, 11) is 0. The summed E-state index contributed by atoms with van der Waals surface area (Å²) < 4.78 is 2.31. The van der Waals surface area contributed by atoms with Crippen LogP contribution < -0.4 is 5.32 Å². The highest BCUT2D eigenvalue weighted by Crippen LogP contribution is 2.47. The van der Waals surface area contributed by atoms with E-state index in [0.717, 1.165) is 43.0 Å². The second-order valence-electron chi connectivity index (χ2n) is 8.29. The van der Waals surface area contributed by atoms with Gasteiger partial charge in [-0.3, -0.25) is 4.57 Å². The van der Waals surface area contributed by atoms with Gasteiger partial charge in [-0.15, -0.1) is 0 Å². The number of hydrogen-bond acceptors (Lipinski definition) is 3. The Labute approximate surface area is 166 Å². The second kappa shape index (κ2) is 6.62. The fourth-order valence-corrected chi connectivity index (χ4v) is 4.64. The number of pyridine rings is 1. The lowest BCUT2D eigenvalue weighted by molar-refractivity contribution is 0.355. The predicted octanol–water partition coefficient (Wildman–Crippen LogP) is 5.67. The Bertz CT molecular complexity index is 1020. The van der Waals surface area contributed by atoms with Crippen LogP contribution in [0.25, 0.3) is 11.9 Å². The smallest absolute Gasteiger partial charge is 0.161 e. The van der Waals surface area contributed by atoms with Crippen LogP contribution >= 0.6 is 0 Å². The first-order valence-electron chi connectivity index (χ1n) is 10.2. The number of nitrogens with one attached hydrogen (secondary N) is 1. The lowest BCUT2D eigenvalue weighted by Gasteiger charge is -2.43. The lowest BCUT2D eigenvalue weighted by atomic mass is 9.76. The van der Waals surface area contributed by atoms with E-state index in [0.29, 0.717) is 5.92 Å². The van der Waals surface area contributed by atoms with E-state index in [1.807, 2.05) is 12.3 Å². The molecule has 0 amide bonds. The van der Waals surface area contributed by atoms with Crippen molar-refractivity contribution in [3.05, 3.63) is 77.5 Å². The van der Waals surface area contributed by atoms with Crippen molar-refractivity contribution in [1.29, 1.82) is 0 Å². The number of allylic oxidation sites excluding steroid dienone is 1. The monoisotopic (exact) mass is 370 g/mol. The molecule has 1 spiro atoms. The van der Waals surface area contributed by atoms with Crippen molar-refractivity contribution in [1.82, 2.24) is 14.5 Å². The maximum absolute atomic E-state index is 4.80. The van der Waals surface area contributed by atoms with E-state index in [-0.39, 0.29) is 5.54 Å². The molecular formula is C24H26N4. The van der Waals surface area contributed by atoms with E-state index in [9.17, 15) is 0 Å². The standard InChI is InChI=1S/C24H26N4/c1-17(2)22-26-16-21-24(27-20-9-6-14-25-23(20)28(21)22)12-10-19(11-13-24)15-18-7-4-3-5-8-18/h3-9,14-17,27H,10-13H2,1-2H3. The van der Waals surface area contributed by atoms with Crippen molar-refractivity contribution in [3.63, 3.8) is 0 Å². The highest BCUT2D eigenvalue weighted by molar-refractivity contribution is 5.64. The lowest BCUT2D eigenvalue weighted by Crippen LogP contribution is -2.43. The number of imidazole rings is 1. The molecule has 1 aromatic carbocycles. The van der Waals surface area contributed by atoms with Crippen LogP contribution in [-0.4, -0.2) is 14.5 Å². The number of aromatic nitrogens is 3. The summed E-state index contributed by atoms with van der Waals surface area (Å²) in [5.41, 5.74) is 5.15. The van der Waals surface area contributed by atoms with Gasteiger partial charge in [-0.2, -0.15) is 0 Å². The Morgan fingerprint density at radius 1 is 1.04 bits per heavy atom. The molecule has 0 bridgehead atoms. The molecule has 0 radical (unpaired) electrons. The van der Waals surface area contributed by atoms with Gasteiger partial charge in [0.1, 0.15) is 5.82 Å². The Hall–Kier alpha value is -2.88. The molecule has 4 nitrogen and oxygen atoms in total. The topological polar surface area (TPSA) is 42.7 Å². The van der Waals surface area contributed by atoms with Crippen molar-refractivity contribution >= 4 is 11.8 Å². The molecule has 1 aliphatic carbocycles. The Morgan fingerprint density at radius 2 is 1.82 bits per heavy atom. The van der Waals surface area contributed by atoms with Gasteiger partial charge < -0.3 is 5.32 Å². The van der Waals surface area contributed by atoms with Crippen LogP contribution in [0.15, 0.2) is 60.4 Å². The van der Waals surface area contributed by atoms with Crippen LogP contribution in [0, 0.1) is 0 Å². The first-order valence-corrected chi connectivity index (χ1v) is 10.2. The average Bonchev–Trinajstić information content (AvgIpc) is 3.18. The van der Waals surface area contributed by atoms with Crippen molar-refractivity contribution in [2.45, 2.75) is 51.0 Å². The van der Waals surface area contributed by atoms with Gasteiger partial charge in [-0.1, -0.05) is 55.8 Å². The molecule has 28 heavy (non-hydrogen) atoms. The molecular weight excluding hydrogens is 344 g/mol. The van der Waals surface area contributed by atoms with Gasteiger partial charge in [-0.05, 0) is 43.4 Å². The van der Waals surface area contributed by atoms with Gasteiger partial charge in [0.05, 0.1) is 23.1 Å². The molecule has 142 valence electrons. The largest absolute Gasteiger partial charge is 0.371 e. The van der Waals surface area contributed by atoms with Crippen LogP contribution in [0.4, 0.5) is 5.69 Å². The maximum Gasteiger partial charge on any atom is 0.161 e. The minimum atomic E-state index is -0.0653. The molecule has 4 heteroatoms. The van der Waals surface area contributed by atoms with E-state index in [1.54, 1.807) is 0 Å². The molecule has 5 rings (SSSR count). The van der Waals surface area contributed by atoms with Crippen molar-refractivity contribution in [2.75, 3.05) is 5.32 Å². The number of benzene rings is 1. The third-order valence-electron chi connectivity index (χ3n) is 6.08. The molecule has 3 heterocycles. The summed E-state index contributed by atoms with van der Waals surface area (Å²) in [6.45, 7) is 4.41. The Morgan fingerprint density at radius 3 is 2.57 bits per heavy atom. The third-order valence-corrected chi connectivity index (χ3v) is 6.08. The SMILES string of the molecule is CC(C)c1ncc2n1-c1ncccc1NC21CCC(=Cc2ccccc2)CC1. The highest BCUT2D eigenvalue weighted by atomic mass is 15.2. The molecule has 2 aliphatic rings. The average molecular weight is 371 g/mol. The molecule has 2 aromatic heterocycles. The summed E-state index contributed by atoms with van der Waals surface area (Å²) in [6, 6.07) is 14.8. The molecule has 0 unspecified atom stereocenters. The van der Waals surface area contributed by atoms with Crippen molar-refractivity contribution < 1.29 is 0 Å². The molecule has 1 saturated carbocycles. The third kappa shape index (κ3) is 2.75. The van der Waals surface area contributed by atoms with Gasteiger partial charge in [0.15, 0.2) is 5.82 Å². The maximum atomic E-state index is 4.80. The number of hydrogen-bond donors (Lipinski definition) is 1. The van der Waals surface area contributed by atoms with E-state index < -0.39 is 0 Å². The summed E-state index contributed by atoms with van der Waals surface area (Å²) in [5.74, 6) is 2.44. The van der Waals surface area contributed by atoms with Crippen molar-refractivity contribution in [3.8, 4) is 5.82 Å². The van der Waals surface area contributed by atoms with E-state index in [4.69, 9.17) is 4.98 Å². The normalized spacial score (nSPS) is 20.6. The predicted molar refractivity (Wildman–Crippen MR) is 114 cm³/mol. The fourth-order valence-electron chi connectivity index (χ4n) is 4.64. The van der Waals surface area contributed by atoms with Gasteiger partial charge in [0, 0.05) is 12.1 Å². The minimum Gasteiger partial charge on any atom is -0.371 e. The van der Waals surface area contributed by atoms with Crippen molar-refractivity contribution in [2.24, 2.45) is 0 Å². The number of fused-ring (bicyclic) bond motifs is 4. The Balaban J connectivity index is 1.52. The number of rotatable bonds is 2.